The molecule has 0 amide bonds. The summed E-state index contributed by atoms with van der Waals surface area (Å²) in [4.78, 5) is 2.52. The molecule has 0 saturated carbocycles. The zero-order valence-electron chi connectivity index (χ0n) is 9.28. The van der Waals surface area contributed by atoms with Gasteiger partial charge in [-0.25, -0.2) is 0 Å². The van der Waals surface area contributed by atoms with Crippen LogP contribution in [-0.2, 0) is 0 Å². The van der Waals surface area contributed by atoms with Crippen LogP contribution in [0.25, 0.3) is 0 Å². The monoisotopic (exact) mass is 200 g/mol. The number of nitrogens with zero attached hydrogens (tertiary/aromatic N) is 1. The third-order valence-electron chi connectivity index (χ3n) is 3.10. The summed E-state index contributed by atoms with van der Waals surface area (Å²) in [5.41, 5.74) is 5.52. The molecule has 1 saturated heterocycles. The lowest BCUT2D eigenvalue weighted by atomic mass is 10.1. The molecule has 0 bridgehead atoms. The van der Waals surface area contributed by atoms with Gasteiger partial charge < -0.3 is 15.7 Å². The number of aliphatic hydroxyl groups is 1. The lowest BCUT2D eigenvalue weighted by molar-refractivity contribution is 0.160. The summed E-state index contributed by atoms with van der Waals surface area (Å²) in [5, 5.41) is 9.01. The zero-order valence-corrected chi connectivity index (χ0v) is 9.28. The van der Waals surface area contributed by atoms with Gasteiger partial charge >= 0.3 is 0 Å². The standard InChI is InChI=1S/C11H24N2O/c1-10(9-14)8-13-7-3-5-11(13)4-2-6-12/h10-11,14H,2-9,12H2,1H3. The number of hydrogen-bond donors (Lipinski definition) is 2. The first-order valence-electron chi connectivity index (χ1n) is 5.83. The molecule has 0 aromatic heterocycles. The summed E-state index contributed by atoms with van der Waals surface area (Å²) in [7, 11) is 0. The maximum Gasteiger partial charge on any atom is 0.0468 e. The molecule has 2 atom stereocenters. The van der Waals surface area contributed by atoms with E-state index in [0.717, 1.165) is 25.6 Å². The van der Waals surface area contributed by atoms with E-state index < -0.39 is 0 Å². The maximum atomic E-state index is 9.01. The highest BCUT2D eigenvalue weighted by Gasteiger charge is 2.24. The van der Waals surface area contributed by atoms with E-state index >= 15 is 0 Å². The average molecular weight is 200 g/mol. The first kappa shape index (κ1) is 12.0. The van der Waals surface area contributed by atoms with Crippen LogP contribution in [0.3, 0.4) is 0 Å². The summed E-state index contributed by atoms with van der Waals surface area (Å²) < 4.78 is 0. The molecule has 2 unspecified atom stereocenters. The fourth-order valence-corrected chi connectivity index (χ4v) is 2.27. The van der Waals surface area contributed by atoms with E-state index in [0.29, 0.717) is 12.5 Å². The zero-order chi connectivity index (χ0) is 10.4. The fourth-order valence-electron chi connectivity index (χ4n) is 2.27. The summed E-state index contributed by atoms with van der Waals surface area (Å²) in [6.07, 6.45) is 4.99. The van der Waals surface area contributed by atoms with Crippen LogP contribution in [0.15, 0.2) is 0 Å². The van der Waals surface area contributed by atoms with Gasteiger partial charge in [0, 0.05) is 19.2 Å². The van der Waals surface area contributed by atoms with Gasteiger partial charge in [0.15, 0.2) is 0 Å². The van der Waals surface area contributed by atoms with E-state index in [1.807, 2.05) is 0 Å². The van der Waals surface area contributed by atoms with Gasteiger partial charge in [0.2, 0.25) is 0 Å². The molecule has 0 spiro atoms. The van der Waals surface area contributed by atoms with Crippen LogP contribution in [0.2, 0.25) is 0 Å². The van der Waals surface area contributed by atoms with Crippen molar-refractivity contribution in [2.24, 2.45) is 11.7 Å². The molecule has 14 heavy (non-hydrogen) atoms. The van der Waals surface area contributed by atoms with Crippen molar-refractivity contribution in [2.45, 2.75) is 38.6 Å². The smallest absolute Gasteiger partial charge is 0.0468 e. The van der Waals surface area contributed by atoms with Crippen molar-refractivity contribution >= 4 is 0 Å². The minimum Gasteiger partial charge on any atom is -0.396 e. The van der Waals surface area contributed by atoms with Crippen molar-refractivity contribution in [3.8, 4) is 0 Å². The third-order valence-corrected chi connectivity index (χ3v) is 3.10. The first-order valence-corrected chi connectivity index (χ1v) is 5.83. The predicted molar refractivity (Wildman–Crippen MR) is 59.1 cm³/mol. The topological polar surface area (TPSA) is 49.5 Å². The molecule has 1 aliphatic heterocycles. The van der Waals surface area contributed by atoms with Crippen LogP contribution in [0.4, 0.5) is 0 Å². The van der Waals surface area contributed by atoms with E-state index in [-0.39, 0.29) is 0 Å². The molecule has 3 nitrogen and oxygen atoms in total. The third kappa shape index (κ3) is 3.56. The highest BCUT2D eigenvalue weighted by molar-refractivity contribution is 4.80. The second-order valence-corrected chi connectivity index (χ2v) is 4.51. The molecule has 0 radical (unpaired) electrons. The normalized spacial score (nSPS) is 25.5. The molecular weight excluding hydrogens is 176 g/mol. The van der Waals surface area contributed by atoms with Crippen LogP contribution in [0, 0.1) is 5.92 Å². The minimum absolute atomic E-state index is 0.306. The van der Waals surface area contributed by atoms with Gasteiger partial charge in [0.05, 0.1) is 0 Å². The van der Waals surface area contributed by atoms with Gasteiger partial charge in [-0.3, -0.25) is 0 Å². The van der Waals surface area contributed by atoms with E-state index in [1.165, 1.54) is 25.8 Å². The number of likely N-dealkylation sites (tertiary alicyclic amines) is 1. The highest BCUT2D eigenvalue weighted by Crippen LogP contribution is 2.21. The lowest BCUT2D eigenvalue weighted by Crippen LogP contribution is -2.34. The Bertz CT molecular complexity index is 152. The lowest BCUT2D eigenvalue weighted by Gasteiger charge is -2.26. The van der Waals surface area contributed by atoms with Crippen LogP contribution >= 0.6 is 0 Å². The highest BCUT2D eigenvalue weighted by atomic mass is 16.3. The molecule has 1 heterocycles. The number of rotatable bonds is 6. The molecule has 3 heteroatoms. The van der Waals surface area contributed by atoms with Gasteiger partial charge in [-0.1, -0.05) is 6.92 Å². The van der Waals surface area contributed by atoms with Crippen LogP contribution < -0.4 is 5.73 Å². The maximum absolute atomic E-state index is 9.01. The molecule has 0 aliphatic carbocycles. The van der Waals surface area contributed by atoms with Gasteiger partial charge in [-0.05, 0) is 44.7 Å². The molecule has 1 rings (SSSR count). The van der Waals surface area contributed by atoms with Crippen molar-refractivity contribution in [1.29, 1.82) is 0 Å². The van der Waals surface area contributed by atoms with E-state index in [4.69, 9.17) is 10.8 Å². The summed E-state index contributed by atoms with van der Waals surface area (Å²) in [6.45, 7) is 5.48. The van der Waals surface area contributed by atoms with E-state index in [2.05, 4.69) is 11.8 Å². The van der Waals surface area contributed by atoms with Gasteiger partial charge in [0.25, 0.3) is 0 Å². The predicted octanol–water partition coefficient (Wildman–Crippen LogP) is 0.818. The number of aliphatic hydroxyl groups excluding tert-OH is 1. The minimum atomic E-state index is 0.306. The quantitative estimate of drug-likeness (QED) is 0.667. The summed E-state index contributed by atoms with van der Waals surface area (Å²) in [5.74, 6) is 0.411. The van der Waals surface area contributed by atoms with Gasteiger partial charge in [-0.15, -0.1) is 0 Å². The van der Waals surface area contributed by atoms with E-state index in [9.17, 15) is 0 Å². The van der Waals surface area contributed by atoms with Crippen molar-refractivity contribution < 1.29 is 5.11 Å². The Balaban J connectivity index is 2.27. The Morgan fingerprint density at radius 2 is 2.36 bits per heavy atom. The van der Waals surface area contributed by atoms with Crippen molar-refractivity contribution in [3.05, 3.63) is 0 Å². The molecule has 1 aliphatic rings. The second kappa shape index (κ2) is 6.38. The van der Waals surface area contributed by atoms with Crippen LogP contribution in [0.5, 0.6) is 0 Å². The largest absolute Gasteiger partial charge is 0.396 e. The first-order chi connectivity index (χ1) is 6.77. The Morgan fingerprint density at radius 3 is 3.00 bits per heavy atom. The van der Waals surface area contributed by atoms with E-state index in [1.54, 1.807) is 0 Å². The fraction of sp³-hybridized carbons (Fsp3) is 1.00. The SMILES string of the molecule is CC(CO)CN1CCCC1CCCN. The number of nitrogens with two attached hydrogens (primary N) is 1. The Labute approximate surface area is 87.3 Å². The summed E-state index contributed by atoms with van der Waals surface area (Å²) in [6, 6.07) is 0.729. The van der Waals surface area contributed by atoms with Crippen LogP contribution in [-0.4, -0.2) is 42.3 Å². The molecule has 3 N–H and O–H groups in total. The molecular formula is C11H24N2O. The molecule has 0 aromatic rings. The molecule has 1 fully saturated rings. The number of hydrogen-bond acceptors (Lipinski definition) is 3. The van der Waals surface area contributed by atoms with Crippen molar-refractivity contribution in [3.63, 3.8) is 0 Å². The van der Waals surface area contributed by atoms with Crippen molar-refractivity contribution in [1.82, 2.24) is 4.90 Å². The van der Waals surface area contributed by atoms with Crippen molar-refractivity contribution in [2.75, 3.05) is 26.2 Å². The second-order valence-electron chi connectivity index (χ2n) is 4.51. The Kier molecular flexibility index (Phi) is 5.45. The summed E-state index contributed by atoms with van der Waals surface area (Å²) >= 11 is 0. The molecule has 84 valence electrons. The Hall–Kier alpha value is -0.120. The van der Waals surface area contributed by atoms with Gasteiger partial charge in [0.1, 0.15) is 0 Å². The van der Waals surface area contributed by atoms with Crippen LogP contribution in [0.1, 0.15) is 32.6 Å². The molecule has 0 aromatic carbocycles. The Morgan fingerprint density at radius 1 is 1.57 bits per heavy atom. The average Bonchev–Trinajstić information content (AvgIpc) is 2.62. The van der Waals surface area contributed by atoms with Gasteiger partial charge in [-0.2, -0.15) is 0 Å².